The van der Waals surface area contributed by atoms with Crippen LogP contribution in [0.5, 0.6) is 0 Å². The minimum atomic E-state index is -0.422. The largest absolute Gasteiger partial charge is 0.370 e. The van der Waals surface area contributed by atoms with Gasteiger partial charge in [-0.25, -0.2) is 0 Å². The van der Waals surface area contributed by atoms with Crippen LogP contribution in [-0.4, -0.2) is 23.4 Å². The first kappa shape index (κ1) is 10.8. The number of nitrogens with zero attached hydrogens (tertiary/aromatic N) is 1. The van der Waals surface area contributed by atoms with E-state index in [-0.39, 0.29) is 12.3 Å². The highest BCUT2D eigenvalue weighted by atomic mass is 16.1. The Hall–Kier alpha value is -1.26. The van der Waals surface area contributed by atoms with Crippen molar-refractivity contribution in [2.75, 3.05) is 0 Å². The van der Waals surface area contributed by atoms with Crippen molar-refractivity contribution in [1.29, 1.82) is 0 Å². The molecule has 1 saturated carbocycles. The van der Waals surface area contributed by atoms with Crippen LogP contribution in [0.2, 0.25) is 0 Å². The molecule has 5 N–H and O–H groups in total. The van der Waals surface area contributed by atoms with E-state index in [9.17, 15) is 4.79 Å². The lowest BCUT2D eigenvalue weighted by Crippen LogP contribution is -2.49. The summed E-state index contributed by atoms with van der Waals surface area (Å²) in [4.78, 5) is 14.9. The molecule has 1 aliphatic rings. The van der Waals surface area contributed by atoms with Crippen LogP contribution in [0.25, 0.3) is 0 Å². The molecule has 0 bridgehead atoms. The summed E-state index contributed by atoms with van der Waals surface area (Å²) < 4.78 is 0. The standard InChI is InChI=1S/C9H18N4O/c1-9(2,5-7(10)14)13-8(11)12-6-3-4-6/h6H,3-5H2,1-2H3,(H2,10,14)(H3,11,12,13). The molecule has 80 valence electrons. The lowest BCUT2D eigenvalue weighted by atomic mass is 10.0. The Morgan fingerprint density at radius 1 is 1.50 bits per heavy atom. The SMILES string of the molecule is CC(C)(CC(N)=O)NC(N)=NC1CC1. The van der Waals surface area contributed by atoms with E-state index in [1.807, 2.05) is 13.8 Å². The Morgan fingerprint density at radius 2 is 2.07 bits per heavy atom. The van der Waals surface area contributed by atoms with Gasteiger partial charge < -0.3 is 16.8 Å². The minimum absolute atomic E-state index is 0.244. The molecule has 0 unspecified atom stereocenters. The number of nitrogens with two attached hydrogens (primary N) is 2. The monoisotopic (exact) mass is 198 g/mol. The van der Waals surface area contributed by atoms with Crippen LogP contribution >= 0.6 is 0 Å². The number of amides is 1. The summed E-state index contributed by atoms with van der Waals surface area (Å²) in [6.45, 7) is 3.74. The molecule has 0 aromatic carbocycles. The molecule has 0 saturated heterocycles. The summed E-state index contributed by atoms with van der Waals surface area (Å²) in [5.74, 6) is 0.0560. The zero-order valence-corrected chi connectivity index (χ0v) is 8.71. The van der Waals surface area contributed by atoms with Crippen molar-refractivity contribution in [3.05, 3.63) is 0 Å². The van der Waals surface area contributed by atoms with Gasteiger partial charge in [0.15, 0.2) is 5.96 Å². The van der Waals surface area contributed by atoms with Gasteiger partial charge >= 0.3 is 0 Å². The van der Waals surface area contributed by atoms with Crippen LogP contribution in [0.3, 0.4) is 0 Å². The molecule has 0 atom stereocenters. The molecule has 0 aromatic rings. The van der Waals surface area contributed by atoms with Crippen molar-refractivity contribution in [2.45, 2.75) is 44.7 Å². The number of guanidine groups is 1. The average molecular weight is 198 g/mol. The van der Waals surface area contributed by atoms with E-state index in [0.29, 0.717) is 12.0 Å². The van der Waals surface area contributed by atoms with E-state index in [0.717, 1.165) is 12.8 Å². The van der Waals surface area contributed by atoms with E-state index < -0.39 is 5.54 Å². The van der Waals surface area contributed by atoms with Crippen molar-refractivity contribution < 1.29 is 4.79 Å². The Labute approximate surface area is 83.9 Å². The van der Waals surface area contributed by atoms with Crippen LogP contribution in [-0.2, 0) is 4.79 Å². The van der Waals surface area contributed by atoms with E-state index in [4.69, 9.17) is 11.5 Å². The van der Waals surface area contributed by atoms with Gasteiger partial charge in [0, 0.05) is 12.0 Å². The van der Waals surface area contributed by atoms with Crippen LogP contribution < -0.4 is 16.8 Å². The second kappa shape index (κ2) is 3.86. The second-order valence-electron chi connectivity index (χ2n) is 4.40. The third-order valence-electron chi connectivity index (χ3n) is 1.95. The summed E-state index contributed by atoms with van der Waals surface area (Å²) in [7, 11) is 0. The zero-order valence-electron chi connectivity index (χ0n) is 8.71. The van der Waals surface area contributed by atoms with Gasteiger partial charge in [0.05, 0.1) is 6.04 Å². The fourth-order valence-electron chi connectivity index (χ4n) is 1.26. The molecule has 5 heteroatoms. The van der Waals surface area contributed by atoms with E-state index >= 15 is 0 Å². The molecule has 1 amide bonds. The van der Waals surface area contributed by atoms with Crippen molar-refractivity contribution in [3.8, 4) is 0 Å². The first-order valence-electron chi connectivity index (χ1n) is 4.79. The summed E-state index contributed by atoms with van der Waals surface area (Å²) in [5.41, 5.74) is 10.3. The summed E-state index contributed by atoms with van der Waals surface area (Å²) >= 11 is 0. The number of aliphatic imine (C=N–C) groups is 1. The third-order valence-corrected chi connectivity index (χ3v) is 1.95. The number of hydrogen-bond donors (Lipinski definition) is 3. The molecule has 0 spiro atoms. The van der Waals surface area contributed by atoms with Gasteiger partial charge in [-0.15, -0.1) is 0 Å². The molecule has 1 aliphatic carbocycles. The molecule has 1 rings (SSSR count). The normalized spacial score (nSPS) is 18.0. The minimum Gasteiger partial charge on any atom is -0.370 e. The Bertz CT molecular complexity index is 256. The maximum absolute atomic E-state index is 10.7. The Balaban J connectivity index is 2.43. The fourth-order valence-corrected chi connectivity index (χ4v) is 1.26. The summed E-state index contributed by atoms with van der Waals surface area (Å²) in [6, 6.07) is 0.381. The number of nitrogens with one attached hydrogen (secondary N) is 1. The molecule has 0 heterocycles. The third kappa shape index (κ3) is 4.11. The number of rotatable bonds is 4. The number of primary amides is 1. The van der Waals surface area contributed by atoms with Gasteiger partial charge in [-0.3, -0.25) is 9.79 Å². The molecule has 0 aromatic heterocycles. The van der Waals surface area contributed by atoms with Gasteiger partial charge in [-0.2, -0.15) is 0 Å². The Kier molecular flexibility index (Phi) is 2.98. The zero-order chi connectivity index (χ0) is 10.8. The van der Waals surface area contributed by atoms with Gasteiger partial charge in [-0.1, -0.05) is 0 Å². The smallest absolute Gasteiger partial charge is 0.219 e. The highest BCUT2D eigenvalue weighted by molar-refractivity contribution is 5.81. The number of hydrogen-bond acceptors (Lipinski definition) is 2. The van der Waals surface area contributed by atoms with E-state index in [1.165, 1.54) is 0 Å². The predicted octanol–water partition coefficient (Wildman–Crippen LogP) is -0.293. The maximum atomic E-state index is 10.7. The van der Waals surface area contributed by atoms with Crippen LogP contribution in [0.15, 0.2) is 4.99 Å². The van der Waals surface area contributed by atoms with Crippen LogP contribution in [0, 0.1) is 0 Å². The predicted molar refractivity (Wildman–Crippen MR) is 55.7 cm³/mol. The quantitative estimate of drug-likeness (QED) is 0.428. The van der Waals surface area contributed by atoms with Gasteiger partial charge in [0.2, 0.25) is 5.91 Å². The topological polar surface area (TPSA) is 93.5 Å². The fraction of sp³-hybridized carbons (Fsp3) is 0.778. The first-order valence-corrected chi connectivity index (χ1v) is 4.79. The first-order chi connectivity index (χ1) is 6.39. The molecule has 1 fully saturated rings. The summed E-state index contributed by atoms with van der Waals surface area (Å²) in [5, 5.41) is 2.99. The van der Waals surface area contributed by atoms with Crippen molar-refractivity contribution >= 4 is 11.9 Å². The molecule has 0 radical (unpaired) electrons. The van der Waals surface area contributed by atoms with E-state index in [2.05, 4.69) is 10.3 Å². The van der Waals surface area contributed by atoms with Crippen molar-refractivity contribution in [1.82, 2.24) is 5.32 Å². The van der Waals surface area contributed by atoms with Crippen molar-refractivity contribution in [2.24, 2.45) is 16.5 Å². The summed E-state index contributed by atoms with van der Waals surface area (Å²) in [6.07, 6.45) is 2.46. The highest BCUT2D eigenvalue weighted by Gasteiger charge is 2.24. The highest BCUT2D eigenvalue weighted by Crippen LogP contribution is 2.23. The molecular formula is C9H18N4O. The lowest BCUT2D eigenvalue weighted by molar-refractivity contribution is -0.119. The maximum Gasteiger partial charge on any atom is 0.219 e. The number of carbonyl (C=O) groups excluding carboxylic acids is 1. The van der Waals surface area contributed by atoms with Crippen LogP contribution in [0.1, 0.15) is 33.1 Å². The second-order valence-corrected chi connectivity index (χ2v) is 4.40. The molecule has 14 heavy (non-hydrogen) atoms. The van der Waals surface area contributed by atoms with Crippen molar-refractivity contribution in [3.63, 3.8) is 0 Å². The van der Waals surface area contributed by atoms with Gasteiger partial charge in [0.1, 0.15) is 0 Å². The molecule has 0 aliphatic heterocycles. The molecule has 5 nitrogen and oxygen atoms in total. The van der Waals surface area contributed by atoms with Gasteiger partial charge in [0.25, 0.3) is 0 Å². The van der Waals surface area contributed by atoms with E-state index in [1.54, 1.807) is 0 Å². The van der Waals surface area contributed by atoms with Gasteiger partial charge in [-0.05, 0) is 26.7 Å². The Morgan fingerprint density at radius 3 is 2.50 bits per heavy atom. The molecular weight excluding hydrogens is 180 g/mol. The number of carbonyl (C=O) groups is 1. The lowest BCUT2D eigenvalue weighted by Gasteiger charge is -2.25. The average Bonchev–Trinajstić information content (AvgIpc) is 2.64. The van der Waals surface area contributed by atoms with Crippen LogP contribution in [0.4, 0.5) is 0 Å².